The Morgan fingerprint density at radius 3 is 2.72 bits per heavy atom. The Hall–Kier alpha value is -2.68. The van der Waals surface area contributed by atoms with Gasteiger partial charge in [0, 0.05) is 12.1 Å². The van der Waals surface area contributed by atoms with Crippen LogP contribution in [-0.2, 0) is 22.5 Å². The summed E-state index contributed by atoms with van der Waals surface area (Å²) in [5.74, 6) is 0.873. The van der Waals surface area contributed by atoms with Gasteiger partial charge in [-0.15, -0.1) is 0 Å². The van der Waals surface area contributed by atoms with Crippen LogP contribution in [0.5, 0.6) is 0 Å². The van der Waals surface area contributed by atoms with Crippen molar-refractivity contribution in [3.63, 3.8) is 0 Å². The van der Waals surface area contributed by atoms with E-state index in [1.165, 1.54) is 16.9 Å². The number of aromatic nitrogens is 1. The van der Waals surface area contributed by atoms with Gasteiger partial charge in [0.2, 0.25) is 0 Å². The fourth-order valence-electron chi connectivity index (χ4n) is 4.52. The molecule has 1 saturated heterocycles. The highest BCUT2D eigenvalue weighted by molar-refractivity contribution is 7.21. The first kappa shape index (κ1) is 21.2. The number of hydrogen-bond donors (Lipinski definition) is 2. The molecule has 5 rings (SSSR count). The molecule has 32 heavy (non-hydrogen) atoms. The normalized spacial score (nSPS) is 17.9. The number of carbonyl (C=O) groups is 1. The number of benzene rings is 1. The highest BCUT2D eigenvalue weighted by Gasteiger charge is 2.36. The number of rotatable bonds is 3. The molecule has 0 unspecified atom stereocenters. The third-order valence-electron chi connectivity index (χ3n) is 6.27. The number of aryl methyl sites for hydroxylation is 1. The van der Waals surface area contributed by atoms with E-state index < -0.39 is 0 Å². The summed E-state index contributed by atoms with van der Waals surface area (Å²) in [6.45, 7) is 9.72. The van der Waals surface area contributed by atoms with E-state index in [4.69, 9.17) is 15.2 Å². The lowest BCUT2D eigenvalue weighted by Crippen LogP contribution is -2.42. The molecular formula is C24H29N4O3S+. The molecular weight excluding hydrogens is 424 g/mol. The van der Waals surface area contributed by atoms with E-state index in [0.717, 1.165) is 52.4 Å². The number of nitrogen functional groups attached to an aromatic ring is 1. The highest BCUT2D eigenvalue weighted by atomic mass is 32.1. The van der Waals surface area contributed by atoms with Gasteiger partial charge >= 0.3 is 0 Å². The maximum Gasteiger partial charge on any atom is 0.281 e. The van der Waals surface area contributed by atoms with Crippen LogP contribution < -0.4 is 20.9 Å². The Morgan fingerprint density at radius 1 is 1.22 bits per heavy atom. The van der Waals surface area contributed by atoms with E-state index in [-0.39, 0.29) is 11.5 Å². The summed E-state index contributed by atoms with van der Waals surface area (Å²) in [5.41, 5.74) is 11.0. The van der Waals surface area contributed by atoms with Gasteiger partial charge in [0.05, 0.1) is 42.1 Å². The van der Waals surface area contributed by atoms with Crippen molar-refractivity contribution in [3.05, 3.63) is 45.8 Å². The minimum absolute atomic E-state index is 0.181. The van der Waals surface area contributed by atoms with Gasteiger partial charge in [-0.1, -0.05) is 29.5 Å². The van der Waals surface area contributed by atoms with E-state index >= 15 is 0 Å². The highest BCUT2D eigenvalue weighted by Crippen LogP contribution is 2.42. The van der Waals surface area contributed by atoms with Crippen molar-refractivity contribution in [2.45, 2.75) is 39.4 Å². The van der Waals surface area contributed by atoms with Crippen LogP contribution in [-0.4, -0.2) is 37.8 Å². The van der Waals surface area contributed by atoms with E-state index in [1.807, 2.05) is 31.2 Å². The van der Waals surface area contributed by atoms with Gasteiger partial charge in [0.15, 0.2) is 4.83 Å². The number of aromatic amines is 1. The second kappa shape index (κ2) is 8.03. The molecule has 0 spiro atoms. The molecule has 168 valence electrons. The number of carbonyl (C=O) groups excluding carboxylic acids is 1. The zero-order chi connectivity index (χ0) is 22.5. The number of pyridine rings is 1. The molecule has 4 N–H and O–H groups in total. The van der Waals surface area contributed by atoms with Gasteiger partial charge in [-0.25, -0.2) is 4.98 Å². The Labute approximate surface area is 191 Å². The lowest BCUT2D eigenvalue weighted by atomic mass is 9.89. The quantitative estimate of drug-likeness (QED) is 0.633. The number of thiophene rings is 1. The molecule has 2 aliphatic rings. The number of amides is 1. The Morgan fingerprint density at radius 2 is 1.97 bits per heavy atom. The zero-order valence-corrected chi connectivity index (χ0v) is 19.5. The van der Waals surface area contributed by atoms with Crippen LogP contribution in [0.3, 0.4) is 0 Å². The van der Waals surface area contributed by atoms with Crippen molar-refractivity contribution in [3.8, 4) is 0 Å². The monoisotopic (exact) mass is 453 g/mol. The summed E-state index contributed by atoms with van der Waals surface area (Å²) in [6.07, 6.45) is 0.741. The maximum absolute atomic E-state index is 13.2. The lowest BCUT2D eigenvalue weighted by Gasteiger charge is -2.33. The largest absolute Gasteiger partial charge is 0.397 e. The predicted molar refractivity (Wildman–Crippen MR) is 128 cm³/mol. The third kappa shape index (κ3) is 3.72. The first-order valence-corrected chi connectivity index (χ1v) is 11.8. The van der Waals surface area contributed by atoms with Crippen LogP contribution in [0.25, 0.3) is 10.2 Å². The van der Waals surface area contributed by atoms with Crippen LogP contribution in [0, 0.1) is 6.92 Å². The van der Waals surface area contributed by atoms with E-state index in [0.29, 0.717) is 30.4 Å². The number of para-hydroxylation sites is 1. The van der Waals surface area contributed by atoms with Crippen LogP contribution >= 0.6 is 11.3 Å². The number of nitrogens with one attached hydrogen (secondary N) is 2. The van der Waals surface area contributed by atoms with Crippen molar-refractivity contribution in [2.24, 2.45) is 0 Å². The topological polar surface area (TPSA) is 91.0 Å². The number of nitrogens with two attached hydrogens (primary N) is 1. The third-order valence-corrected chi connectivity index (χ3v) is 7.39. The fraction of sp³-hybridized carbons (Fsp3) is 0.417. The van der Waals surface area contributed by atoms with Crippen molar-refractivity contribution in [2.75, 3.05) is 42.3 Å². The summed E-state index contributed by atoms with van der Waals surface area (Å²) in [6, 6.07) is 7.75. The second-order valence-electron chi connectivity index (χ2n) is 9.07. The SMILES string of the molecule is Cc1ccccc1NC(=O)c1sc2[nH+]c(N3CCOCC3)c3c(c2c1N)CC(C)(C)OC3. The molecule has 2 aliphatic heterocycles. The van der Waals surface area contributed by atoms with Gasteiger partial charge in [0.25, 0.3) is 11.7 Å². The van der Waals surface area contributed by atoms with Gasteiger partial charge < -0.3 is 20.5 Å². The predicted octanol–water partition coefficient (Wildman–Crippen LogP) is 3.55. The van der Waals surface area contributed by atoms with Gasteiger partial charge in [0.1, 0.15) is 18.0 Å². The number of H-pyrrole nitrogens is 1. The Bertz CT molecular complexity index is 1200. The number of morpholine rings is 1. The molecule has 1 fully saturated rings. The second-order valence-corrected chi connectivity index (χ2v) is 10.1. The molecule has 0 atom stereocenters. The zero-order valence-electron chi connectivity index (χ0n) is 18.7. The minimum Gasteiger partial charge on any atom is -0.397 e. The average molecular weight is 454 g/mol. The summed E-state index contributed by atoms with van der Waals surface area (Å²) in [7, 11) is 0. The molecule has 1 aromatic carbocycles. The maximum atomic E-state index is 13.2. The van der Waals surface area contributed by atoms with Gasteiger partial charge in [-0.2, -0.15) is 0 Å². The molecule has 3 aromatic rings. The number of anilines is 3. The summed E-state index contributed by atoms with van der Waals surface area (Å²) in [5, 5.41) is 3.98. The van der Waals surface area contributed by atoms with Crippen molar-refractivity contribution in [1.29, 1.82) is 0 Å². The Balaban J connectivity index is 1.62. The number of hydrogen-bond acceptors (Lipinski definition) is 6. The van der Waals surface area contributed by atoms with Crippen molar-refractivity contribution in [1.82, 2.24) is 0 Å². The standard InChI is InChI=1S/C24H28N4O3S/c1-14-6-4-5-7-17(14)26-22(29)20-19(25)18-15-12-24(2,3)31-13-16(15)21(27-23(18)32-20)28-8-10-30-11-9-28/h4-7H,8-13,25H2,1-3H3,(H,26,29)/p+1. The van der Waals surface area contributed by atoms with Gasteiger partial charge in [-0.05, 0) is 38.0 Å². The average Bonchev–Trinajstić information content (AvgIpc) is 3.11. The molecule has 0 aliphatic carbocycles. The van der Waals surface area contributed by atoms with E-state index in [2.05, 4.69) is 29.0 Å². The fourth-order valence-corrected chi connectivity index (χ4v) is 5.56. The smallest absolute Gasteiger partial charge is 0.281 e. The first-order valence-electron chi connectivity index (χ1n) is 11.0. The van der Waals surface area contributed by atoms with E-state index in [9.17, 15) is 4.79 Å². The van der Waals surface area contributed by atoms with Crippen LogP contribution in [0.2, 0.25) is 0 Å². The molecule has 0 bridgehead atoms. The molecule has 2 aromatic heterocycles. The Kier molecular flexibility index (Phi) is 5.31. The molecule has 8 heteroatoms. The van der Waals surface area contributed by atoms with E-state index in [1.54, 1.807) is 0 Å². The van der Waals surface area contributed by atoms with Crippen molar-refractivity contribution < 1.29 is 19.3 Å². The molecule has 0 radical (unpaired) electrons. The summed E-state index contributed by atoms with van der Waals surface area (Å²) < 4.78 is 11.7. The van der Waals surface area contributed by atoms with Crippen LogP contribution in [0.15, 0.2) is 24.3 Å². The first-order chi connectivity index (χ1) is 15.3. The lowest BCUT2D eigenvalue weighted by molar-refractivity contribution is -0.329. The molecule has 1 amide bonds. The summed E-state index contributed by atoms with van der Waals surface area (Å²) >= 11 is 1.42. The van der Waals surface area contributed by atoms with Crippen molar-refractivity contribution >= 4 is 44.7 Å². The number of ether oxygens (including phenoxy) is 2. The minimum atomic E-state index is -0.290. The number of fused-ring (bicyclic) bond motifs is 3. The molecule has 0 saturated carbocycles. The molecule has 7 nitrogen and oxygen atoms in total. The molecule has 4 heterocycles. The van der Waals surface area contributed by atoms with Crippen LogP contribution in [0.4, 0.5) is 17.2 Å². The number of nitrogens with zero attached hydrogens (tertiary/aromatic N) is 1. The van der Waals surface area contributed by atoms with Crippen LogP contribution in [0.1, 0.15) is 40.2 Å². The summed E-state index contributed by atoms with van der Waals surface area (Å²) in [4.78, 5) is 20.6. The van der Waals surface area contributed by atoms with Gasteiger partial charge in [-0.3, -0.25) is 9.69 Å².